The average Bonchev–Trinajstić information content (AvgIpc) is 2.64. The van der Waals surface area contributed by atoms with E-state index in [0.717, 1.165) is 34.9 Å². The van der Waals surface area contributed by atoms with Gasteiger partial charge in [0.05, 0.1) is 0 Å². The van der Waals surface area contributed by atoms with Crippen LogP contribution in [0.1, 0.15) is 54.9 Å². The van der Waals surface area contributed by atoms with E-state index in [1.54, 1.807) is 17.8 Å². The van der Waals surface area contributed by atoms with Crippen LogP contribution < -0.4 is 10.1 Å². The van der Waals surface area contributed by atoms with Crippen molar-refractivity contribution in [3.05, 3.63) is 58.7 Å². The van der Waals surface area contributed by atoms with Gasteiger partial charge in [-0.05, 0) is 45.6 Å². The Kier molecular flexibility index (Phi) is 4.61. The molecule has 5 heteroatoms. The van der Waals surface area contributed by atoms with Crippen LogP contribution >= 0.6 is 11.8 Å². The van der Waals surface area contributed by atoms with Crippen molar-refractivity contribution in [2.45, 2.75) is 57.7 Å². The number of aromatic hydroxyl groups is 1. The summed E-state index contributed by atoms with van der Waals surface area (Å²) in [5, 5.41) is 14.7. The molecule has 2 aromatic rings. The highest BCUT2D eigenvalue weighted by Gasteiger charge is 2.48. The highest BCUT2D eigenvalue weighted by atomic mass is 32.2. The number of nitrogens with one attached hydrogen (secondary N) is 1. The molecule has 2 aliphatic rings. The molecule has 0 bridgehead atoms. The summed E-state index contributed by atoms with van der Waals surface area (Å²) in [5.41, 5.74) is 3.65. The van der Waals surface area contributed by atoms with Gasteiger partial charge in [-0.2, -0.15) is 0 Å². The van der Waals surface area contributed by atoms with Crippen LogP contribution in [-0.2, 0) is 0 Å². The molecule has 0 unspecified atom stereocenters. The number of rotatable bonds is 1. The largest absolute Gasteiger partial charge is 0.508 e. The predicted octanol–water partition coefficient (Wildman–Crippen LogP) is 5.11. The van der Waals surface area contributed by atoms with Gasteiger partial charge in [0.1, 0.15) is 11.5 Å². The van der Waals surface area contributed by atoms with Gasteiger partial charge in [0.25, 0.3) is 0 Å². The van der Waals surface area contributed by atoms with Crippen molar-refractivity contribution in [3.8, 4) is 11.5 Å². The molecule has 4 rings (SSSR count). The molecular formula is C23H28N2O2S. The minimum absolute atomic E-state index is 0.125. The lowest BCUT2D eigenvalue weighted by Gasteiger charge is -2.47. The number of benzene rings is 2. The van der Waals surface area contributed by atoms with Crippen LogP contribution in [0.3, 0.4) is 0 Å². The lowest BCUT2D eigenvalue weighted by molar-refractivity contribution is 0.0126. The number of aliphatic imine (C=N–C) groups is 1. The van der Waals surface area contributed by atoms with Crippen molar-refractivity contribution < 1.29 is 9.84 Å². The first-order valence-electron chi connectivity index (χ1n) is 9.72. The molecule has 0 amide bonds. The van der Waals surface area contributed by atoms with E-state index in [0.29, 0.717) is 0 Å². The van der Waals surface area contributed by atoms with Crippen molar-refractivity contribution in [2.75, 3.05) is 6.26 Å². The maximum Gasteiger partial charge on any atom is 0.206 e. The number of phenolic OH excluding ortho intramolecular Hbond substituents is 1. The second-order valence-electron chi connectivity index (χ2n) is 8.65. The molecule has 2 atom stereocenters. The number of phenols is 1. The number of hydrogen-bond acceptors (Lipinski definition) is 5. The zero-order chi connectivity index (χ0) is 20.1. The van der Waals surface area contributed by atoms with Gasteiger partial charge < -0.3 is 15.2 Å². The normalized spacial score (nSPS) is 25.5. The van der Waals surface area contributed by atoms with E-state index >= 15 is 0 Å². The Balaban J connectivity index is 1.89. The summed E-state index contributed by atoms with van der Waals surface area (Å²) in [7, 11) is 0. The van der Waals surface area contributed by atoms with Gasteiger partial charge in [-0.3, -0.25) is 0 Å². The molecule has 2 aliphatic heterocycles. The summed E-state index contributed by atoms with van der Waals surface area (Å²) in [4.78, 5) is 5.01. The van der Waals surface area contributed by atoms with Gasteiger partial charge in [-0.15, -0.1) is 0 Å². The fourth-order valence-corrected chi connectivity index (χ4v) is 5.06. The summed E-state index contributed by atoms with van der Waals surface area (Å²) in [6.45, 7) is 8.41. The number of thioether (sulfide) groups is 1. The molecule has 0 radical (unpaired) electrons. The van der Waals surface area contributed by atoms with Crippen LogP contribution in [0.15, 0.2) is 41.4 Å². The average molecular weight is 397 g/mol. The standard InChI is InChI=1S/C23H28N2O2S/c1-14-6-8-16(9-7-14)18-12-23(13-22(3,4)24-21(25-23)28-5)27-20-15(2)19(26)11-10-17(18)20/h6-11,18,26H,12-13H2,1-5H3,(H,24,25)/t18-,23+/m0/s1. The van der Waals surface area contributed by atoms with Crippen molar-refractivity contribution in [3.63, 3.8) is 0 Å². The van der Waals surface area contributed by atoms with E-state index in [-0.39, 0.29) is 17.2 Å². The highest BCUT2D eigenvalue weighted by Crippen LogP contribution is 2.51. The Hall–Kier alpha value is -2.14. The van der Waals surface area contributed by atoms with Crippen LogP contribution in [0.4, 0.5) is 0 Å². The Bertz CT molecular complexity index is 936. The number of amidine groups is 1. The van der Waals surface area contributed by atoms with Crippen LogP contribution in [0.5, 0.6) is 11.5 Å². The molecule has 0 saturated heterocycles. The molecule has 0 aliphatic carbocycles. The lowest BCUT2D eigenvalue weighted by atomic mass is 9.77. The van der Waals surface area contributed by atoms with Crippen LogP contribution in [0, 0.1) is 13.8 Å². The Morgan fingerprint density at radius 2 is 1.86 bits per heavy atom. The number of hydrogen-bond donors (Lipinski definition) is 2. The Labute approximate surface area is 171 Å². The Morgan fingerprint density at radius 1 is 1.14 bits per heavy atom. The smallest absolute Gasteiger partial charge is 0.206 e. The Morgan fingerprint density at radius 3 is 2.54 bits per heavy atom. The van der Waals surface area contributed by atoms with Gasteiger partial charge >= 0.3 is 0 Å². The second-order valence-corrected chi connectivity index (χ2v) is 9.45. The number of ether oxygens (including phenoxy) is 1. The van der Waals surface area contributed by atoms with Gasteiger partial charge in [0.15, 0.2) is 5.17 Å². The number of aryl methyl sites for hydroxylation is 1. The topological polar surface area (TPSA) is 53.9 Å². The molecule has 0 fully saturated rings. The van der Waals surface area contributed by atoms with Crippen molar-refractivity contribution in [1.82, 2.24) is 5.32 Å². The molecule has 0 aromatic heterocycles. The third-order valence-corrected chi connectivity index (χ3v) is 6.32. The lowest BCUT2D eigenvalue weighted by Crippen LogP contribution is -2.57. The fourth-order valence-electron chi connectivity index (χ4n) is 4.42. The molecule has 2 heterocycles. The van der Waals surface area contributed by atoms with E-state index in [9.17, 15) is 5.11 Å². The van der Waals surface area contributed by atoms with Crippen LogP contribution in [0.25, 0.3) is 0 Å². The SMILES string of the molecule is CSC1=N[C@@]2(C[C@@H](c3ccc(C)cc3)c3ccc(O)c(C)c3O2)CC(C)(C)N1. The highest BCUT2D eigenvalue weighted by molar-refractivity contribution is 8.13. The number of nitrogens with zero attached hydrogens (tertiary/aromatic N) is 1. The molecule has 0 saturated carbocycles. The third-order valence-electron chi connectivity index (χ3n) is 5.74. The first kappa shape index (κ1) is 19.2. The molecular weight excluding hydrogens is 368 g/mol. The second kappa shape index (κ2) is 6.73. The maximum atomic E-state index is 10.3. The van der Waals surface area contributed by atoms with Gasteiger partial charge in [-0.1, -0.05) is 47.7 Å². The van der Waals surface area contributed by atoms with Crippen molar-refractivity contribution in [1.29, 1.82) is 0 Å². The van der Waals surface area contributed by atoms with E-state index in [1.165, 1.54) is 11.1 Å². The number of fused-ring (bicyclic) bond motifs is 1. The zero-order valence-electron chi connectivity index (χ0n) is 17.2. The van der Waals surface area contributed by atoms with Crippen LogP contribution in [0.2, 0.25) is 0 Å². The summed E-state index contributed by atoms with van der Waals surface area (Å²) < 4.78 is 6.61. The fraction of sp³-hybridized carbons (Fsp3) is 0.435. The third kappa shape index (κ3) is 3.37. The molecule has 2 aromatic carbocycles. The van der Waals surface area contributed by atoms with E-state index in [4.69, 9.17) is 9.73 Å². The minimum Gasteiger partial charge on any atom is -0.508 e. The molecule has 1 spiro atoms. The van der Waals surface area contributed by atoms with Gasteiger partial charge in [-0.25, -0.2) is 4.99 Å². The van der Waals surface area contributed by atoms with E-state index in [2.05, 4.69) is 50.4 Å². The molecule has 148 valence electrons. The summed E-state index contributed by atoms with van der Waals surface area (Å²) in [5.74, 6) is 1.21. The monoisotopic (exact) mass is 396 g/mol. The van der Waals surface area contributed by atoms with Crippen molar-refractivity contribution >= 4 is 16.9 Å². The summed E-state index contributed by atoms with van der Waals surface area (Å²) in [6.07, 6.45) is 3.58. The molecule has 4 nitrogen and oxygen atoms in total. The maximum absolute atomic E-state index is 10.3. The van der Waals surface area contributed by atoms with Crippen molar-refractivity contribution in [2.24, 2.45) is 4.99 Å². The van der Waals surface area contributed by atoms with E-state index in [1.807, 2.05) is 19.2 Å². The quantitative estimate of drug-likeness (QED) is 0.703. The summed E-state index contributed by atoms with van der Waals surface area (Å²) in [6, 6.07) is 12.5. The first-order valence-corrected chi connectivity index (χ1v) is 10.9. The van der Waals surface area contributed by atoms with Gasteiger partial charge in [0.2, 0.25) is 5.72 Å². The van der Waals surface area contributed by atoms with Gasteiger partial charge in [0, 0.05) is 35.4 Å². The molecule has 28 heavy (non-hydrogen) atoms. The predicted molar refractivity (Wildman–Crippen MR) is 117 cm³/mol. The van der Waals surface area contributed by atoms with Crippen LogP contribution in [-0.4, -0.2) is 27.8 Å². The minimum atomic E-state index is -0.645. The summed E-state index contributed by atoms with van der Waals surface area (Å²) >= 11 is 1.61. The first-order chi connectivity index (χ1) is 13.2. The van der Waals surface area contributed by atoms with E-state index < -0.39 is 5.72 Å². The molecule has 2 N–H and O–H groups in total. The zero-order valence-corrected chi connectivity index (χ0v) is 18.0.